The molecule has 0 aromatic carbocycles. The van der Waals surface area contributed by atoms with Crippen molar-refractivity contribution in [3.8, 4) is 0 Å². The molecule has 0 heterocycles. The standard InChI is InChI=1S/C12H24.C2H6/c1-4-5-6-7-12-9-8-10(2)11(12)3;1-2/h10-12H,4-9H2,1-3H3;1-2H3. The molecular formula is C14H30. The topological polar surface area (TPSA) is 0 Å². The van der Waals surface area contributed by atoms with E-state index in [-0.39, 0.29) is 0 Å². The fourth-order valence-electron chi connectivity index (χ4n) is 2.53. The van der Waals surface area contributed by atoms with Gasteiger partial charge in [0.05, 0.1) is 0 Å². The van der Waals surface area contributed by atoms with Crippen molar-refractivity contribution in [3.05, 3.63) is 0 Å². The minimum absolute atomic E-state index is 0.997. The van der Waals surface area contributed by atoms with E-state index in [4.69, 9.17) is 0 Å². The van der Waals surface area contributed by atoms with Crippen LogP contribution in [0.3, 0.4) is 0 Å². The Morgan fingerprint density at radius 2 is 1.64 bits per heavy atom. The summed E-state index contributed by atoms with van der Waals surface area (Å²) in [6.45, 7) is 11.2. The maximum atomic E-state index is 2.45. The minimum atomic E-state index is 0.997. The zero-order valence-electron chi connectivity index (χ0n) is 11.0. The van der Waals surface area contributed by atoms with Crippen molar-refractivity contribution in [2.24, 2.45) is 17.8 Å². The molecule has 0 aromatic heterocycles. The third kappa shape index (κ3) is 4.48. The van der Waals surface area contributed by atoms with Crippen LogP contribution in [-0.2, 0) is 0 Å². The van der Waals surface area contributed by atoms with Crippen LogP contribution in [-0.4, -0.2) is 0 Å². The molecule has 1 rings (SSSR count). The second-order valence-corrected chi connectivity index (χ2v) is 4.67. The number of hydrogen-bond acceptors (Lipinski definition) is 0. The van der Waals surface area contributed by atoms with Crippen LogP contribution in [0.4, 0.5) is 0 Å². The van der Waals surface area contributed by atoms with Gasteiger partial charge in [-0.15, -0.1) is 0 Å². The summed E-state index contributed by atoms with van der Waals surface area (Å²) in [5, 5.41) is 0. The molecule has 1 saturated carbocycles. The minimum Gasteiger partial charge on any atom is -0.0683 e. The number of unbranched alkanes of at least 4 members (excludes halogenated alkanes) is 2. The normalized spacial score (nSPS) is 31.1. The van der Waals surface area contributed by atoms with Gasteiger partial charge in [0.2, 0.25) is 0 Å². The molecule has 0 aliphatic heterocycles. The van der Waals surface area contributed by atoms with Gasteiger partial charge in [0.15, 0.2) is 0 Å². The Balaban J connectivity index is 0.000000791. The molecule has 3 unspecified atom stereocenters. The molecule has 0 spiro atoms. The monoisotopic (exact) mass is 198 g/mol. The fourth-order valence-corrected chi connectivity index (χ4v) is 2.53. The average Bonchev–Trinajstić information content (AvgIpc) is 2.53. The van der Waals surface area contributed by atoms with E-state index in [1.807, 2.05) is 13.8 Å². The molecule has 1 fully saturated rings. The van der Waals surface area contributed by atoms with Gasteiger partial charge in [-0.2, -0.15) is 0 Å². The summed E-state index contributed by atoms with van der Waals surface area (Å²) in [5.74, 6) is 3.06. The van der Waals surface area contributed by atoms with Crippen molar-refractivity contribution >= 4 is 0 Å². The molecule has 0 radical (unpaired) electrons. The molecule has 1 aliphatic rings. The Hall–Kier alpha value is 0. The van der Waals surface area contributed by atoms with Gasteiger partial charge in [0, 0.05) is 0 Å². The van der Waals surface area contributed by atoms with Crippen LogP contribution in [0, 0.1) is 17.8 Å². The highest BCUT2D eigenvalue weighted by Gasteiger charge is 2.28. The van der Waals surface area contributed by atoms with E-state index in [1.165, 1.54) is 38.5 Å². The molecule has 0 saturated heterocycles. The molecule has 0 aromatic rings. The van der Waals surface area contributed by atoms with Crippen LogP contribution >= 0.6 is 0 Å². The summed E-state index contributed by atoms with van der Waals surface area (Å²) < 4.78 is 0. The first-order valence-corrected chi connectivity index (χ1v) is 6.75. The Bertz CT molecular complexity index is 117. The Morgan fingerprint density at radius 3 is 2.07 bits per heavy atom. The van der Waals surface area contributed by atoms with Gasteiger partial charge in [0.1, 0.15) is 0 Å². The summed E-state index contributed by atoms with van der Waals surface area (Å²) >= 11 is 0. The zero-order valence-corrected chi connectivity index (χ0v) is 11.0. The summed E-state index contributed by atoms with van der Waals surface area (Å²) in [7, 11) is 0. The van der Waals surface area contributed by atoms with Gasteiger partial charge < -0.3 is 0 Å². The Morgan fingerprint density at radius 1 is 1.00 bits per heavy atom. The highest BCUT2D eigenvalue weighted by molar-refractivity contribution is 4.79. The van der Waals surface area contributed by atoms with Gasteiger partial charge in [-0.05, 0) is 24.2 Å². The van der Waals surface area contributed by atoms with Crippen LogP contribution in [0.5, 0.6) is 0 Å². The average molecular weight is 198 g/mol. The van der Waals surface area contributed by atoms with Crippen molar-refractivity contribution in [1.82, 2.24) is 0 Å². The second-order valence-electron chi connectivity index (χ2n) is 4.67. The summed E-state index contributed by atoms with van der Waals surface area (Å²) in [6, 6.07) is 0. The van der Waals surface area contributed by atoms with Crippen molar-refractivity contribution < 1.29 is 0 Å². The predicted molar refractivity (Wildman–Crippen MR) is 66.5 cm³/mol. The van der Waals surface area contributed by atoms with Gasteiger partial charge >= 0.3 is 0 Å². The van der Waals surface area contributed by atoms with Gasteiger partial charge in [-0.3, -0.25) is 0 Å². The van der Waals surface area contributed by atoms with Gasteiger partial charge in [0.25, 0.3) is 0 Å². The van der Waals surface area contributed by atoms with Crippen molar-refractivity contribution in [2.75, 3.05) is 0 Å². The maximum Gasteiger partial charge on any atom is -0.0386 e. The van der Waals surface area contributed by atoms with Crippen LogP contribution < -0.4 is 0 Å². The molecule has 0 nitrogen and oxygen atoms in total. The zero-order chi connectivity index (χ0) is 11.0. The quantitative estimate of drug-likeness (QED) is 0.539. The lowest BCUT2D eigenvalue weighted by Crippen LogP contribution is -2.08. The van der Waals surface area contributed by atoms with E-state index in [0.717, 1.165) is 17.8 Å². The first-order chi connectivity index (χ1) is 6.75. The molecule has 1 aliphatic carbocycles. The second kappa shape index (κ2) is 8.32. The van der Waals surface area contributed by atoms with E-state index in [1.54, 1.807) is 0 Å². The Kier molecular flexibility index (Phi) is 8.32. The fraction of sp³-hybridized carbons (Fsp3) is 1.00. The van der Waals surface area contributed by atoms with Crippen molar-refractivity contribution in [2.45, 2.75) is 73.1 Å². The van der Waals surface area contributed by atoms with Crippen LogP contribution in [0.15, 0.2) is 0 Å². The molecule has 3 atom stereocenters. The maximum absolute atomic E-state index is 2.45. The van der Waals surface area contributed by atoms with Crippen molar-refractivity contribution in [1.29, 1.82) is 0 Å². The van der Waals surface area contributed by atoms with E-state index in [0.29, 0.717) is 0 Å². The van der Waals surface area contributed by atoms with Crippen molar-refractivity contribution in [3.63, 3.8) is 0 Å². The van der Waals surface area contributed by atoms with E-state index in [9.17, 15) is 0 Å². The number of rotatable bonds is 4. The lowest BCUT2D eigenvalue weighted by Gasteiger charge is -2.17. The molecule has 0 amide bonds. The highest BCUT2D eigenvalue weighted by Crippen LogP contribution is 2.39. The van der Waals surface area contributed by atoms with E-state index >= 15 is 0 Å². The third-order valence-corrected chi connectivity index (χ3v) is 3.81. The third-order valence-electron chi connectivity index (χ3n) is 3.81. The summed E-state index contributed by atoms with van der Waals surface area (Å²) in [5.41, 5.74) is 0. The number of hydrogen-bond donors (Lipinski definition) is 0. The SMILES string of the molecule is CC.CCCCCC1CCC(C)C1C. The van der Waals surface area contributed by atoms with Crippen LogP contribution in [0.1, 0.15) is 73.1 Å². The van der Waals surface area contributed by atoms with Crippen LogP contribution in [0.25, 0.3) is 0 Å². The smallest absolute Gasteiger partial charge is 0.0386 e. The van der Waals surface area contributed by atoms with E-state index in [2.05, 4.69) is 20.8 Å². The molecule has 0 heteroatoms. The first kappa shape index (κ1) is 14.0. The first-order valence-electron chi connectivity index (χ1n) is 6.75. The molecule has 0 bridgehead atoms. The lowest BCUT2D eigenvalue weighted by atomic mass is 9.89. The van der Waals surface area contributed by atoms with E-state index < -0.39 is 0 Å². The van der Waals surface area contributed by atoms with Gasteiger partial charge in [-0.1, -0.05) is 66.7 Å². The predicted octanol–water partition coefficient (Wildman–Crippen LogP) is 5.28. The summed E-state index contributed by atoms with van der Waals surface area (Å²) in [6.07, 6.45) is 8.77. The highest BCUT2D eigenvalue weighted by atomic mass is 14.3. The Labute approximate surface area is 91.5 Å². The van der Waals surface area contributed by atoms with Crippen LogP contribution in [0.2, 0.25) is 0 Å². The molecule has 14 heavy (non-hydrogen) atoms. The molecule has 86 valence electrons. The molecular weight excluding hydrogens is 168 g/mol. The van der Waals surface area contributed by atoms with Gasteiger partial charge in [-0.25, -0.2) is 0 Å². The lowest BCUT2D eigenvalue weighted by molar-refractivity contribution is 0.331. The molecule has 0 N–H and O–H groups in total. The largest absolute Gasteiger partial charge is 0.0683 e. The summed E-state index contributed by atoms with van der Waals surface area (Å²) in [4.78, 5) is 0.